The molecule has 0 saturated carbocycles. The number of carbonyl (C=O) groups excluding carboxylic acids is 1. The van der Waals surface area contributed by atoms with Gasteiger partial charge in [0.15, 0.2) is 0 Å². The largest absolute Gasteiger partial charge is 0.497 e. The Labute approximate surface area is 123 Å². The smallest absolute Gasteiger partial charge is 0.238 e. The van der Waals surface area contributed by atoms with E-state index >= 15 is 0 Å². The third-order valence-electron chi connectivity index (χ3n) is 3.33. The Morgan fingerprint density at radius 3 is 3.10 bits per heavy atom. The zero-order valence-corrected chi connectivity index (χ0v) is 12.0. The maximum absolute atomic E-state index is 12.0. The summed E-state index contributed by atoms with van der Waals surface area (Å²) in [6.07, 6.45) is -0.224. The summed E-state index contributed by atoms with van der Waals surface area (Å²) in [4.78, 5) is 14.0. The fourth-order valence-corrected chi connectivity index (χ4v) is 2.21. The molecular formula is C14H21N3O4. The number of morpholine rings is 1. The Hall–Kier alpha value is -1.83. The van der Waals surface area contributed by atoms with Crippen molar-refractivity contribution in [3.63, 3.8) is 0 Å². The second-order valence-electron chi connectivity index (χ2n) is 4.91. The topological polar surface area (TPSA) is 97.0 Å². The lowest BCUT2D eigenvalue weighted by atomic mass is 10.2. The highest BCUT2D eigenvalue weighted by atomic mass is 16.5. The van der Waals surface area contributed by atoms with Gasteiger partial charge >= 0.3 is 0 Å². The van der Waals surface area contributed by atoms with Gasteiger partial charge in [0, 0.05) is 19.2 Å². The second-order valence-corrected chi connectivity index (χ2v) is 4.91. The van der Waals surface area contributed by atoms with Gasteiger partial charge in [0.25, 0.3) is 0 Å². The van der Waals surface area contributed by atoms with Gasteiger partial charge in [-0.25, -0.2) is 0 Å². The van der Waals surface area contributed by atoms with E-state index in [0.717, 1.165) is 0 Å². The van der Waals surface area contributed by atoms with Gasteiger partial charge < -0.3 is 25.6 Å². The van der Waals surface area contributed by atoms with Gasteiger partial charge in [-0.15, -0.1) is 0 Å². The van der Waals surface area contributed by atoms with Crippen molar-refractivity contribution in [1.29, 1.82) is 0 Å². The lowest BCUT2D eigenvalue weighted by Gasteiger charge is -2.31. The van der Waals surface area contributed by atoms with Crippen molar-refractivity contribution < 1.29 is 19.4 Å². The number of nitrogens with zero attached hydrogens (tertiary/aromatic N) is 1. The van der Waals surface area contributed by atoms with Crippen molar-refractivity contribution in [2.75, 3.05) is 51.0 Å². The third kappa shape index (κ3) is 4.32. The van der Waals surface area contributed by atoms with Crippen LogP contribution in [0.25, 0.3) is 0 Å². The molecule has 7 nitrogen and oxygen atoms in total. The number of rotatable bonds is 5. The second kappa shape index (κ2) is 7.26. The molecule has 1 aromatic rings. The van der Waals surface area contributed by atoms with Gasteiger partial charge in [0.1, 0.15) is 5.75 Å². The number of anilines is 2. The van der Waals surface area contributed by atoms with E-state index in [0.29, 0.717) is 36.8 Å². The molecule has 1 fully saturated rings. The minimum absolute atomic E-state index is 0.0381. The number of ether oxygens (including phenoxy) is 2. The van der Waals surface area contributed by atoms with E-state index < -0.39 is 0 Å². The number of nitrogens with two attached hydrogens (primary N) is 1. The number of carbonyl (C=O) groups is 1. The molecule has 7 heteroatoms. The number of aliphatic hydroxyl groups excluding tert-OH is 1. The SMILES string of the molecule is COc1ccc(NC(=O)CN2CCOC(CO)C2)c(N)c1. The Kier molecular flexibility index (Phi) is 5.38. The summed E-state index contributed by atoms with van der Waals surface area (Å²) in [5, 5.41) is 11.9. The Morgan fingerprint density at radius 2 is 2.43 bits per heavy atom. The van der Waals surface area contributed by atoms with E-state index in [1.807, 2.05) is 4.90 Å². The molecule has 1 saturated heterocycles. The van der Waals surface area contributed by atoms with Crippen molar-refractivity contribution in [2.24, 2.45) is 0 Å². The van der Waals surface area contributed by atoms with Crippen LogP contribution >= 0.6 is 0 Å². The van der Waals surface area contributed by atoms with Gasteiger partial charge in [0.05, 0.1) is 44.3 Å². The highest BCUT2D eigenvalue weighted by Crippen LogP contribution is 2.23. The first kappa shape index (κ1) is 15.6. The van der Waals surface area contributed by atoms with Gasteiger partial charge in [-0.05, 0) is 12.1 Å². The first-order valence-electron chi connectivity index (χ1n) is 6.80. The molecule has 1 aliphatic rings. The van der Waals surface area contributed by atoms with Crippen LogP contribution in [0.5, 0.6) is 5.75 Å². The zero-order chi connectivity index (χ0) is 15.2. The number of hydrogen-bond acceptors (Lipinski definition) is 6. The summed E-state index contributed by atoms with van der Waals surface area (Å²) >= 11 is 0. The third-order valence-corrected chi connectivity index (χ3v) is 3.33. The minimum Gasteiger partial charge on any atom is -0.497 e. The molecule has 1 aliphatic heterocycles. The molecule has 21 heavy (non-hydrogen) atoms. The fourth-order valence-electron chi connectivity index (χ4n) is 2.21. The highest BCUT2D eigenvalue weighted by molar-refractivity contribution is 5.95. The molecule has 2 rings (SSSR count). The molecule has 1 heterocycles. The minimum atomic E-state index is -0.224. The standard InChI is InChI=1S/C14H21N3O4/c1-20-10-2-3-13(12(15)6-10)16-14(19)8-17-4-5-21-11(7-17)9-18/h2-3,6,11,18H,4-5,7-9,15H2,1H3,(H,16,19). The number of amides is 1. The Morgan fingerprint density at radius 1 is 1.62 bits per heavy atom. The molecule has 1 atom stereocenters. The van der Waals surface area contributed by atoms with Crippen molar-refractivity contribution in [1.82, 2.24) is 4.90 Å². The summed E-state index contributed by atoms with van der Waals surface area (Å²) in [6.45, 7) is 1.93. The molecule has 0 aliphatic carbocycles. The molecule has 0 spiro atoms. The number of nitrogen functional groups attached to an aromatic ring is 1. The van der Waals surface area contributed by atoms with Crippen molar-refractivity contribution in [3.05, 3.63) is 18.2 Å². The van der Waals surface area contributed by atoms with E-state index in [2.05, 4.69) is 5.32 Å². The van der Waals surface area contributed by atoms with Gasteiger partial charge in [-0.2, -0.15) is 0 Å². The Bertz CT molecular complexity index is 495. The number of hydrogen-bond donors (Lipinski definition) is 3. The van der Waals surface area contributed by atoms with Crippen molar-refractivity contribution >= 4 is 17.3 Å². The van der Waals surface area contributed by atoms with Crippen LogP contribution in [-0.2, 0) is 9.53 Å². The molecule has 116 valence electrons. The van der Waals surface area contributed by atoms with Crippen molar-refractivity contribution in [2.45, 2.75) is 6.10 Å². The maximum Gasteiger partial charge on any atom is 0.238 e. The van der Waals surface area contributed by atoms with Crippen LogP contribution in [0.3, 0.4) is 0 Å². The summed E-state index contributed by atoms with van der Waals surface area (Å²) in [5.41, 5.74) is 6.88. The molecular weight excluding hydrogens is 274 g/mol. The van der Waals surface area contributed by atoms with Crippen LogP contribution in [0.1, 0.15) is 0 Å². The van der Waals surface area contributed by atoms with E-state index in [9.17, 15) is 4.79 Å². The normalized spacial score (nSPS) is 19.2. The molecule has 0 bridgehead atoms. The number of benzene rings is 1. The summed E-state index contributed by atoms with van der Waals surface area (Å²) in [5.74, 6) is 0.495. The average Bonchev–Trinajstić information content (AvgIpc) is 2.49. The molecule has 1 amide bonds. The van der Waals surface area contributed by atoms with Crippen LogP contribution in [0, 0.1) is 0 Å². The van der Waals surface area contributed by atoms with Crippen LogP contribution in [0.2, 0.25) is 0 Å². The van der Waals surface area contributed by atoms with Crippen LogP contribution in [0.15, 0.2) is 18.2 Å². The van der Waals surface area contributed by atoms with Crippen molar-refractivity contribution in [3.8, 4) is 5.75 Å². The molecule has 1 unspecified atom stereocenters. The average molecular weight is 295 g/mol. The zero-order valence-electron chi connectivity index (χ0n) is 12.0. The lowest BCUT2D eigenvalue weighted by molar-refractivity contribution is -0.120. The Balaban J connectivity index is 1.89. The van der Waals surface area contributed by atoms with E-state index in [1.54, 1.807) is 25.3 Å². The molecule has 1 aromatic carbocycles. The number of methoxy groups -OCH3 is 1. The fraction of sp³-hybridized carbons (Fsp3) is 0.500. The predicted octanol–water partition coefficient (Wildman–Crippen LogP) is -0.0910. The predicted molar refractivity (Wildman–Crippen MR) is 79.3 cm³/mol. The molecule has 4 N–H and O–H groups in total. The summed E-state index contributed by atoms with van der Waals surface area (Å²) in [7, 11) is 1.56. The van der Waals surface area contributed by atoms with Gasteiger partial charge in [-0.1, -0.05) is 0 Å². The highest BCUT2D eigenvalue weighted by Gasteiger charge is 2.21. The van der Waals surface area contributed by atoms with Gasteiger partial charge in [0.2, 0.25) is 5.91 Å². The summed E-state index contributed by atoms with van der Waals surface area (Å²) < 4.78 is 10.4. The number of aliphatic hydroxyl groups is 1. The quantitative estimate of drug-likeness (QED) is 0.657. The lowest BCUT2D eigenvalue weighted by Crippen LogP contribution is -2.46. The maximum atomic E-state index is 12.0. The van der Waals surface area contributed by atoms with Gasteiger partial charge in [-0.3, -0.25) is 9.69 Å². The van der Waals surface area contributed by atoms with E-state index in [-0.39, 0.29) is 25.2 Å². The summed E-state index contributed by atoms with van der Waals surface area (Å²) in [6, 6.07) is 5.11. The monoisotopic (exact) mass is 295 g/mol. The van der Waals surface area contributed by atoms with Crippen LogP contribution < -0.4 is 15.8 Å². The molecule has 0 aromatic heterocycles. The number of nitrogens with one attached hydrogen (secondary N) is 1. The van der Waals surface area contributed by atoms with Crippen LogP contribution in [0.4, 0.5) is 11.4 Å². The molecule has 0 radical (unpaired) electrons. The first-order chi connectivity index (χ1) is 10.1. The van der Waals surface area contributed by atoms with Crippen LogP contribution in [-0.4, -0.2) is 62.0 Å². The van der Waals surface area contributed by atoms with E-state index in [1.165, 1.54) is 0 Å². The van der Waals surface area contributed by atoms with E-state index in [4.69, 9.17) is 20.3 Å². The first-order valence-corrected chi connectivity index (χ1v) is 6.80.